The molecule has 0 heterocycles. The van der Waals surface area contributed by atoms with Crippen molar-refractivity contribution in [2.45, 2.75) is 65.4 Å². The van der Waals surface area contributed by atoms with Gasteiger partial charge in [0.2, 0.25) is 0 Å². The molecule has 7 heteroatoms. The third-order valence-corrected chi connectivity index (χ3v) is 6.31. The van der Waals surface area contributed by atoms with Gasteiger partial charge >= 0.3 is 12.0 Å². The molecule has 0 saturated carbocycles. The Morgan fingerprint density at radius 3 is 2.22 bits per heavy atom. The van der Waals surface area contributed by atoms with Gasteiger partial charge in [0, 0.05) is 26.1 Å². The second kappa shape index (κ2) is 17.4. The molecule has 2 aromatic rings. The number of rotatable bonds is 18. The van der Waals surface area contributed by atoms with Crippen LogP contribution in [0, 0.1) is 5.92 Å². The molecule has 0 aliphatic carbocycles. The Morgan fingerprint density at radius 1 is 0.946 bits per heavy atom. The Bertz CT molecular complexity index is 898. The molecule has 0 fully saturated rings. The molecule has 0 radical (unpaired) electrons. The lowest BCUT2D eigenvalue weighted by Gasteiger charge is -2.28. The zero-order valence-electron chi connectivity index (χ0n) is 22.7. The molecule has 0 bridgehead atoms. The Balaban J connectivity index is 1.92. The number of amides is 2. The first kappa shape index (κ1) is 30.2. The molecular weight excluding hydrogens is 468 g/mol. The lowest BCUT2D eigenvalue weighted by atomic mass is 9.98. The molecule has 2 amide bonds. The molecule has 37 heavy (non-hydrogen) atoms. The molecule has 0 aliphatic rings. The van der Waals surface area contributed by atoms with E-state index in [4.69, 9.17) is 9.47 Å². The van der Waals surface area contributed by atoms with Crippen LogP contribution in [0.2, 0.25) is 0 Å². The number of hydrogen-bond acceptors (Lipinski definition) is 4. The predicted octanol–water partition coefficient (Wildman–Crippen LogP) is 5.57. The molecule has 0 aromatic heterocycles. The van der Waals surface area contributed by atoms with Crippen LogP contribution in [0.15, 0.2) is 54.6 Å². The minimum atomic E-state index is -0.964. The summed E-state index contributed by atoms with van der Waals surface area (Å²) in [5.41, 5.74) is 2.07. The summed E-state index contributed by atoms with van der Waals surface area (Å²) in [6.07, 6.45) is 4.64. The maximum absolute atomic E-state index is 13.1. The summed E-state index contributed by atoms with van der Waals surface area (Å²) >= 11 is 0. The van der Waals surface area contributed by atoms with Crippen LogP contribution >= 0.6 is 0 Å². The van der Waals surface area contributed by atoms with Crippen molar-refractivity contribution in [3.63, 3.8) is 0 Å². The van der Waals surface area contributed by atoms with Crippen molar-refractivity contribution < 1.29 is 24.2 Å². The van der Waals surface area contributed by atoms with E-state index in [0.717, 1.165) is 44.2 Å². The average Bonchev–Trinajstić information content (AvgIpc) is 2.89. The lowest BCUT2D eigenvalue weighted by Crippen LogP contribution is -2.45. The van der Waals surface area contributed by atoms with E-state index >= 15 is 0 Å². The number of aliphatic carboxylic acids is 1. The van der Waals surface area contributed by atoms with Gasteiger partial charge in [-0.25, -0.2) is 9.59 Å². The van der Waals surface area contributed by atoms with Gasteiger partial charge in [-0.2, -0.15) is 0 Å². The summed E-state index contributed by atoms with van der Waals surface area (Å²) in [7, 11) is 0. The van der Waals surface area contributed by atoms with Crippen LogP contribution in [-0.2, 0) is 22.4 Å². The first-order chi connectivity index (χ1) is 18.0. The highest BCUT2D eigenvalue weighted by Crippen LogP contribution is 2.17. The second-order valence-corrected chi connectivity index (χ2v) is 9.34. The summed E-state index contributed by atoms with van der Waals surface area (Å²) < 4.78 is 11.2. The summed E-state index contributed by atoms with van der Waals surface area (Å²) in [6, 6.07) is 17.5. The molecule has 1 atom stereocenters. The molecule has 2 N–H and O–H groups in total. The van der Waals surface area contributed by atoms with E-state index < -0.39 is 12.1 Å². The van der Waals surface area contributed by atoms with E-state index in [-0.39, 0.29) is 6.03 Å². The van der Waals surface area contributed by atoms with Crippen LogP contribution in [0.1, 0.15) is 57.6 Å². The molecule has 2 rings (SSSR count). The van der Waals surface area contributed by atoms with Crippen molar-refractivity contribution in [2.75, 3.05) is 32.8 Å². The SMILES string of the molecule is CCCC(CCC)CN(CCOc1ccc(CC(OCC)C(=O)O)cc1)C(=O)NCCc1ccccc1. The molecule has 0 aliphatic heterocycles. The standard InChI is InChI=1S/C30H44N2O5/c1-4-10-26(11-5-2)23-32(30(35)31-19-18-24-12-8-7-9-13-24)20-21-37-27-16-14-25(15-17-27)22-28(29(33)34)36-6-3/h7-9,12-17,26,28H,4-6,10-11,18-23H2,1-3H3,(H,31,35)(H,33,34). The van der Waals surface area contributed by atoms with Crippen molar-refractivity contribution in [3.05, 3.63) is 65.7 Å². The molecule has 2 aromatic carbocycles. The molecular formula is C30H44N2O5. The molecule has 0 spiro atoms. The first-order valence-corrected chi connectivity index (χ1v) is 13.6. The van der Waals surface area contributed by atoms with E-state index in [1.165, 1.54) is 5.56 Å². The van der Waals surface area contributed by atoms with Gasteiger partial charge < -0.3 is 24.8 Å². The van der Waals surface area contributed by atoms with Crippen molar-refractivity contribution in [1.29, 1.82) is 0 Å². The minimum Gasteiger partial charge on any atom is -0.492 e. The number of hydrogen-bond donors (Lipinski definition) is 2. The maximum atomic E-state index is 13.1. The van der Waals surface area contributed by atoms with E-state index in [1.54, 1.807) is 6.92 Å². The van der Waals surface area contributed by atoms with Crippen LogP contribution in [0.25, 0.3) is 0 Å². The van der Waals surface area contributed by atoms with Crippen LogP contribution < -0.4 is 10.1 Å². The fourth-order valence-corrected chi connectivity index (χ4v) is 4.43. The normalized spacial score (nSPS) is 11.8. The number of carboxylic acid groups (broad SMARTS) is 1. The van der Waals surface area contributed by atoms with E-state index in [0.29, 0.717) is 44.4 Å². The monoisotopic (exact) mass is 512 g/mol. The van der Waals surface area contributed by atoms with Crippen LogP contribution in [0.5, 0.6) is 5.75 Å². The van der Waals surface area contributed by atoms with Gasteiger partial charge in [0.25, 0.3) is 0 Å². The highest BCUT2D eigenvalue weighted by molar-refractivity contribution is 5.74. The molecule has 7 nitrogen and oxygen atoms in total. The highest BCUT2D eigenvalue weighted by Gasteiger charge is 2.19. The average molecular weight is 513 g/mol. The topological polar surface area (TPSA) is 88.1 Å². The number of nitrogens with one attached hydrogen (secondary N) is 1. The Hall–Kier alpha value is -3.06. The Morgan fingerprint density at radius 2 is 1.62 bits per heavy atom. The first-order valence-electron chi connectivity index (χ1n) is 13.6. The van der Waals surface area contributed by atoms with Crippen molar-refractivity contribution in [2.24, 2.45) is 5.92 Å². The number of carbonyl (C=O) groups excluding carboxylic acids is 1. The number of carbonyl (C=O) groups is 2. The highest BCUT2D eigenvalue weighted by atomic mass is 16.5. The fraction of sp³-hybridized carbons (Fsp3) is 0.533. The number of ether oxygens (including phenoxy) is 2. The quantitative estimate of drug-likeness (QED) is 0.273. The molecule has 0 saturated heterocycles. The fourth-order valence-electron chi connectivity index (χ4n) is 4.43. The molecule has 1 unspecified atom stereocenters. The number of urea groups is 1. The smallest absolute Gasteiger partial charge is 0.333 e. The Kier molecular flexibility index (Phi) is 14.2. The van der Waals surface area contributed by atoms with E-state index in [1.807, 2.05) is 47.4 Å². The van der Waals surface area contributed by atoms with Crippen LogP contribution in [0.3, 0.4) is 0 Å². The predicted molar refractivity (Wildman–Crippen MR) is 147 cm³/mol. The number of nitrogens with zero attached hydrogens (tertiary/aromatic N) is 1. The van der Waals surface area contributed by atoms with Gasteiger partial charge in [-0.05, 0) is 55.4 Å². The summed E-state index contributed by atoms with van der Waals surface area (Å²) in [4.78, 5) is 26.3. The zero-order valence-corrected chi connectivity index (χ0v) is 22.7. The number of benzene rings is 2. The third-order valence-electron chi connectivity index (χ3n) is 6.31. The third kappa shape index (κ3) is 11.7. The van der Waals surface area contributed by atoms with Crippen LogP contribution in [0.4, 0.5) is 4.79 Å². The van der Waals surface area contributed by atoms with Crippen molar-refractivity contribution >= 4 is 12.0 Å². The summed E-state index contributed by atoms with van der Waals surface area (Å²) in [5, 5.41) is 12.4. The van der Waals surface area contributed by atoms with Gasteiger partial charge in [0.15, 0.2) is 6.10 Å². The van der Waals surface area contributed by atoms with Gasteiger partial charge in [-0.3, -0.25) is 0 Å². The largest absolute Gasteiger partial charge is 0.492 e. The summed E-state index contributed by atoms with van der Waals surface area (Å²) in [6.45, 7) is 8.70. The van der Waals surface area contributed by atoms with Gasteiger partial charge in [-0.1, -0.05) is 69.2 Å². The van der Waals surface area contributed by atoms with Gasteiger partial charge in [0.05, 0.1) is 6.54 Å². The van der Waals surface area contributed by atoms with Gasteiger partial charge in [0.1, 0.15) is 12.4 Å². The van der Waals surface area contributed by atoms with E-state index in [2.05, 4.69) is 31.3 Å². The van der Waals surface area contributed by atoms with Gasteiger partial charge in [-0.15, -0.1) is 0 Å². The molecule has 204 valence electrons. The second-order valence-electron chi connectivity index (χ2n) is 9.34. The minimum absolute atomic E-state index is 0.0530. The van der Waals surface area contributed by atoms with Crippen molar-refractivity contribution in [1.82, 2.24) is 10.2 Å². The van der Waals surface area contributed by atoms with E-state index in [9.17, 15) is 14.7 Å². The zero-order chi connectivity index (χ0) is 26.9. The lowest BCUT2D eigenvalue weighted by molar-refractivity contribution is -0.149. The van der Waals surface area contributed by atoms with Crippen LogP contribution in [-0.4, -0.2) is 61.0 Å². The maximum Gasteiger partial charge on any atom is 0.333 e. The number of carboxylic acids is 1. The Labute approximate surface area is 222 Å². The summed E-state index contributed by atoms with van der Waals surface area (Å²) in [5.74, 6) is 0.200. The van der Waals surface area contributed by atoms with Crippen molar-refractivity contribution in [3.8, 4) is 5.75 Å².